The molecule has 0 saturated heterocycles. The minimum Gasteiger partial charge on any atom is -0.304 e. The van der Waals surface area contributed by atoms with Crippen LogP contribution in [-0.2, 0) is 24.4 Å². The van der Waals surface area contributed by atoms with E-state index in [0.29, 0.717) is 0 Å². The highest BCUT2D eigenvalue weighted by molar-refractivity contribution is 8.19. The van der Waals surface area contributed by atoms with Gasteiger partial charge in [0, 0.05) is 0 Å². The summed E-state index contributed by atoms with van der Waals surface area (Å²) >= 11 is 0. The average molecular weight is 362 g/mol. The van der Waals surface area contributed by atoms with Gasteiger partial charge in [-0.25, -0.2) is 12.6 Å². The summed E-state index contributed by atoms with van der Waals surface area (Å²) in [5.74, 6) is -0.764. The maximum Gasteiger partial charge on any atom is 0.397 e. The Hall–Kier alpha value is -0.730. The third-order valence-corrected chi connectivity index (χ3v) is 5.57. The smallest absolute Gasteiger partial charge is 0.304 e. The quantitative estimate of drug-likeness (QED) is 0.545. The second-order valence-corrected chi connectivity index (χ2v) is 8.69. The number of hydrogen-bond donors (Lipinski definition) is 4. The van der Waals surface area contributed by atoms with E-state index in [9.17, 15) is 30.5 Å². The zero-order valence-electron chi connectivity index (χ0n) is 10.7. The van der Waals surface area contributed by atoms with Crippen LogP contribution in [0.4, 0.5) is 0 Å². The van der Waals surface area contributed by atoms with Crippen LogP contribution in [0.15, 0.2) is 28.0 Å². The molecule has 0 aliphatic carbocycles. The lowest BCUT2D eigenvalue weighted by Crippen LogP contribution is -2.16. The summed E-state index contributed by atoms with van der Waals surface area (Å²) in [5.41, 5.74) is 0.269. The molecule has 4 N–H and O–H groups in total. The predicted octanol–water partition coefficient (Wildman–Crippen LogP) is 1.17. The fraction of sp³-hybridized carbons (Fsp3) is 0.333. The first-order valence-corrected chi connectivity index (χ1v) is 9.81. The van der Waals surface area contributed by atoms with Gasteiger partial charge in [0.05, 0.1) is 22.2 Å². The standard InChI is InChI=1S/C9H14O9S3/c1-7-2-3-8(6-9(7)20(12,13)14)19(10,11)5-4-18-21(15,16)17/h2-3,6,12-14H,4-5H2,1H3,(H,15,16,17). The van der Waals surface area contributed by atoms with Crippen LogP contribution in [0.1, 0.15) is 5.56 Å². The van der Waals surface area contributed by atoms with E-state index in [2.05, 4.69) is 4.18 Å². The van der Waals surface area contributed by atoms with E-state index in [1.807, 2.05) is 0 Å². The minimum atomic E-state index is -4.75. The molecule has 0 spiro atoms. The molecule has 0 aliphatic rings. The Morgan fingerprint density at radius 2 is 1.62 bits per heavy atom. The number of benzene rings is 1. The molecule has 0 fully saturated rings. The highest BCUT2D eigenvalue weighted by atomic mass is 32.3. The van der Waals surface area contributed by atoms with Crippen molar-refractivity contribution in [3.63, 3.8) is 0 Å². The van der Waals surface area contributed by atoms with Crippen molar-refractivity contribution in [2.75, 3.05) is 12.4 Å². The van der Waals surface area contributed by atoms with E-state index in [1.54, 1.807) is 0 Å². The Bertz CT molecular complexity index is 715. The molecule has 0 saturated carbocycles. The Morgan fingerprint density at radius 1 is 1.05 bits per heavy atom. The molecular weight excluding hydrogens is 348 g/mol. The van der Waals surface area contributed by atoms with E-state index in [4.69, 9.17) is 4.55 Å². The zero-order chi connectivity index (χ0) is 16.5. The Kier molecular flexibility index (Phi) is 5.39. The zero-order valence-corrected chi connectivity index (χ0v) is 13.2. The molecule has 0 radical (unpaired) electrons. The summed E-state index contributed by atoms with van der Waals surface area (Å²) in [5, 5.41) is 0. The lowest BCUT2D eigenvalue weighted by molar-refractivity contribution is 0.284. The van der Waals surface area contributed by atoms with Gasteiger partial charge < -0.3 is 13.7 Å². The van der Waals surface area contributed by atoms with Crippen molar-refractivity contribution in [2.24, 2.45) is 0 Å². The topological polar surface area (TPSA) is 158 Å². The molecule has 0 atom stereocenters. The summed E-state index contributed by atoms with van der Waals surface area (Å²) in [7, 11) is -12.8. The van der Waals surface area contributed by atoms with Gasteiger partial charge in [-0.3, -0.25) is 4.55 Å². The first-order valence-electron chi connectivity index (χ1n) is 5.29. The summed E-state index contributed by atoms with van der Waals surface area (Å²) < 4.78 is 84.3. The van der Waals surface area contributed by atoms with Crippen LogP contribution in [0.5, 0.6) is 0 Å². The maximum atomic E-state index is 11.9. The average Bonchev–Trinajstić information content (AvgIpc) is 2.25. The molecular formula is C9H14O9S3. The third kappa shape index (κ3) is 5.52. The van der Waals surface area contributed by atoms with Gasteiger partial charge in [-0.05, 0) is 24.6 Å². The van der Waals surface area contributed by atoms with Crippen LogP contribution in [-0.4, -0.2) is 47.4 Å². The molecule has 1 aromatic rings. The summed E-state index contributed by atoms with van der Waals surface area (Å²) in [4.78, 5) is -0.699. The lowest BCUT2D eigenvalue weighted by atomic mass is 10.2. The Labute approximate surface area is 123 Å². The Balaban J connectivity index is 3.05. The molecule has 0 unspecified atom stereocenters. The summed E-state index contributed by atoms with van der Waals surface area (Å²) in [6.07, 6.45) is 0. The van der Waals surface area contributed by atoms with E-state index < -0.39 is 43.5 Å². The normalized spacial score (nSPS) is 14.1. The number of rotatable bonds is 6. The Morgan fingerprint density at radius 3 is 2.10 bits per heavy atom. The van der Waals surface area contributed by atoms with Gasteiger partial charge in [-0.2, -0.15) is 8.42 Å². The first-order chi connectivity index (χ1) is 9.33. The second kappa shape index (κ2) is 6.18. The van der Waals surface area contributed by atoms with Crippen LogP contribution in [0.3, 0.4) is 0 Å². The molecule has 21 heavy (non-hydrogen) atoms. The molecule has 1 aromatic carbocycles. The molecule has 0 aliphatic heterocycles. The van der Waals surface area contributed by atoms with E-state index in [0.717, 1.165) is 12.1 Å². The van der Waals surface area contributed by atoms with Crippen LogP contribution < -0.4 is 0 Å². The van der Waals surface area contributed by atoms with Crippen molar-refractivity contribution in [3.8, 4) is 0 Å². The van der Waals surface area contributed by atoms with Gasteiger partial charge in [0.25, 0.3) is 0 Å². The number of aryl methyl sites for hydroxylation is 1. The van der Waals surface area contributed by atoms with E-state index >= 15 is 0 Å². The molecule has 122 valence electrons. The molecule has 9 nitrogen and oxygen atoms in total. The number of hydrogen-bond acceptors (Lipinski definition) is 8. The molecule has 0 amide bonds. The molecule has 0 heterocycles. The third-order valence-electron chi connectivity index (χ3n) is 2.40. The molecule has 0 bridgehead atoms. The second-order valence-electron chi connectivity index (χ2n) is 4.01. The van der Waals surface area contributed by atoms with E-state index in [1.165, 1.54) is 13.0 Å². The van der Waals surface area contributed by atoms with Crippen LogP contribution in [0, 0.1) is 6.92 Å². The largest absolute Gasteiger partial charge is 0.397 e. The van der Waals surface area contributed by atoms with Crippen molar-refractivity contribution in [3.05, 3.63) is 23.8 Å². The van der Waals surface area contributed by atoms with Crippen LogP contribution >= 0.6 is 10.9 Å². The van der Waals surface area contributed by atoms with Gasteiger partial charge in [0.15, 0.2) is 9.84 Å². The van der Waals surface area contributed by atoms with E-state index in [-0.39, 0.29) is 15.4 Å². The molecule has 1 rings (SSSR count). The van der Waals surface area contributed by atoms with Gasteiger partial charge in [-0.15, -0.1) is 0 Å². The van der Waals surface area contributed by atoms with Gasteiger partial charge in [0.2, 0.25) is 0 Å². The highest BCUT2D eigenvalue weighted by Gasteiger charge is 2.23. The number of sulfone groups is 1. The minimum absolute atomic E-state index is 0.269. The predicted molar refractivity (Wildman–Crippen MR) is 74.5 cm³/mol. The fourth-order valence-corrected chi connectivity index (χ4v) is 3.81. The molecule has 12 heteroatoms. The maximum absolute atomic E-state index is 11.9. The van der Waals surface area contributed by atoms with Crippen molar-refractivity contribution in [1.29, 1.82) is 0 Å². The van der Waals surface area contributed by atoms with Crippen LogP contribution in [0.25, 0.3) is 0 Å². The lowest BCUT2D eigenvalue weighted by Gasteiger charge is -2.22. The van der Waals surface area contributed by atoms with Gasteiger partial charge in [-0.1, -0.05) is 6.07 Å². The molecule has 0 aromatic heterocycles. The monoisotopic (exact) mass is 362 g/mol. The van der Waals surface area contributed by atoms with Crippen molar-refractivity contribution >= 4 is 31.1 Å². The summed E-state index contributed by atoms with van der Waals surface area (Å²) in [6.45, 7) is 0.636. The fourth-order valence-electron chi connectivity index (χ4n) is 1.44. The SMILES string of the molecule is Cc1ccc(S(=O)(=O)CCOS(=O)(=O)O)cc1S(O)(O)O. The summed E-state index contributed by atoms with van der Waals surface area (Å²) in [6, 6.07) is 3.30. The first kappa shape index (κ1) is 18.3. The van der Waals surface area contributed by atoms with Gasteiger partial charge >= 0.3 is 10.4 Å². The van der Waals surface area contributed by atoms with Gasteiger partial charge in [0.1, 0.15) is 10.9 Å². The van der Waals surface area contributed by atoms with Crippen molar-refractivity contribution in [1.82, 2.24) is 0 Å². The van der Waals surface area contributed by atoms with Crippen molar-refractivity contribution in [2.45, 2.75) is 16.7 Å². The highest BCUT2D eigenvalue weighted by Crippen LogP contribution is 2.46. The van der Waals surface area contributed by atoms with Crippen molar-refractivity contribution < 1.29 is 39.2 Å². The van der Waals surface area contributed by atoms with Crippen LogP contribution in [0.2, 0.25) is 0 Å².